The Morgan fingerprint density at radius 3 is 2.56 bits per heavy atom. The molecule has 0 spiro atoms. The lowest BCUT2D eigenvalue weighted by atomic mass is 9.86. The van der Waals surface area contributed by atoms with Crippen LogP contribution in [0.25, 0.3) is 0 Å². The van der Waals surface area contributed by atoms with Gasteiger partial charge in [0, 0.05) is 38.4 Å². The molecule has 0 radical (unpaired) electrons. The second kappa shape index (κ2) is 9.88. The van der Waals surface area contributed by atoms with Crippen LogP contribution < -0.4 is 5.32 Å². The first-order valence-electron chi connectivity index (χ1n) is 9.89. The quantitative estimate of drug-likeness (QED) is 0.687. The topological polar surface area (TPSA) is 93.5 Å². The Kier molecular flexibility index (Phi) is 7.83. The summed E-state index contributed by atoms with van der Waals surface area (Å²) in [7, 11) is 0. The zero-order valence-electron chi connectivity index (χ0n) is 17.0. The fourth-order valence-corrected chi connectivity index (χ4v) is 3.74. The summed E-state index contributed by atoms with van der Waals surface area (Å²) < 4.78 is 7.32. The minimum atomic E-state index is -0.844. The first kappa shape index (κ1) is 21.4. The predicted molar refractivity (Wildman–Crippen MR) is 103 cm³/mol. The third-order valence-electron chi connectivity index (χ3n) is 5.34. The van der Waals surface area contributed by atoms with Crippen molar-refractivity contribution in [3.8, 4) is 0 Å². The van der Waals surface area contributed by atoms with Crippen molar-refractivity contribution in [3.05, 3.63) is 17.0 Å². The summed E-state index contributed by atoms with van der Waals surface area (Å²) in [6.07, 6.45) is 2.44. The molecule has 1 aliphatic heterocycles. The largest absolute Gasteiger partial charge is 0.481 e. The maximum absolute atomic E-state index is 12.3. The molecule has 2 rings (SSSR count). The Bertz CT molecular complexity index is 648. The number of carbonyl (C=O) groups is 2. The molecule has 1 fully saturated rings. The molecule has 0 saturated carbocycles. The monoisotopic (exact) mass is 379 g/mol. The molecule has 27 heavy (non-hydrogen) atoms. The van der Waals surface area contributed by atoms with Crippen LogP contribution in [0.1, 0.15) is 50.1 Å². The van der Waals surface area contributed by atoms with Gasteiger partial charge in [0.25, 0.3) is 0 Å². The first-order valence-corrected chi connectivity index (χ1v) is 9.89. The average Bonchev–Trinajstić information content (AvgIpc) is 2.86. The highest BCUT2D eigenvalue weighted by Gasteiger charge is 2.30. The predicted octanol–water partition coefficient (Wildman–Crippen LogP) is 2.33. The molecular weight excluding hydrogens is 346 g/mol. The number of aromatic nitrogens is 2. The van der Waals surface area contributed by atoms with Crippen LogP contribution in [0.15, 0.2) is 0 Å². The number of aryl methyl sites for hydroxylation is 1. The molecule has 1 aromatic heterocycles. The van der Waals surface area contributed by atoms with Gasteiger partial charge in [-0.3, -0.25) is 14.3 Å². The lowest BCUT2D eigenvalue weighted by molar-refractivity contribution is -0.144. The minimum absolute atomic E-state index is 0.0651. The number of carboxylic acid groups (broad SMARTS) is 1. The van der Waals surface area contributed by atoms with Crippen LogP contribution in [0.2, 0.25) is 0 Å². The van der Waals surface area contributed by atoms with Crippen molar-refractivity contribution in [2.75, 3.05) is 19.8 Å². The van der Waals surface area contributed by atoms with Gasteiger partial charge in [-0.2, -0.15) is 5.10 Å². The zero-order chi connectivity index (χ0) is 20.0. The van der Waals surface area contributed by atoms with Crippen LogP contribution in [-0.2, 0) is 27.3 Å². The van der Waals surface area contributed by atoms with Gasteiger partial charge in [0.2, 0.25) is 5.91 Å². The zero-order valence-corrected chi connectivity index (χ0v) is 17.0. The molecule has 1 aliphatic rings. The smallest absolute Gasteiger partial charge is 0.308 e. The maximum atomic E-state index is 12.3. The second-order valence-corrected chi connectivity index (χ2v) is 7.92. The Morgan fingerprint density at radius 2 is 1.96 bits per heavy atom. The highest BCUT2D eigenvalue weighted by molar-refractivity contribution is 5.77. The van der Waals surface area contributed by atoms with Gasteiger partial charge in [0.15, 0.2) is 0 Å². The number of amides is 1. The van der Waals surface area contributed by atoms with Crippen molar-refractivity contribution in [1.29, 1.82) is 0 Å². The molecule has 0 bridgehead atoms. The molecule has 2 N–H and O–H groups in total. The Morgan fingerprint density at radius 1 is 1.30 bits per heavy atom. The minimum Gasteiger partial charge on any atom is -0.481 e. The van der Waals surface area contributed by atoms with Crippen LogP contribution in [0.4, 0.5) is 0 Å². The number of rotatable bonds is 9. The van der Waals surface area contributed by atoms with Gasteiger partial charge in [0.1, 0.15) is 0 Å². The number of nitrogens with one attached hydrogen (secondary N) is 1. The Labute approximate surface area is 161 Å². The summed E-state index contributed by atoms with van der Waals surface area (Å²) in [5.74, 6) is -0.921. The number of hydrogen-bond acceptors (Lipinski definition) is 4. The van der Waals surface area contributed by atoms with E-state index in [1.165, 1.54) is 0 Å². The SMILES string of the molecule is Cc1nn(CC(C)C)c(C)c1CCC(=O)NCC(C(=O)O)C1CCOCC1. The molecule has 7 nitrogen and oxygen atoms in total. The van der Waals surface area contributed by atoms with E-state index in [2.05, 4.69) is 24.3 Å². The number of ether oxygens (including phenoxy) is 1. The van der Waals surface area contributed by atoms with E-state index in [1.807, 2.05) is 18.5 Å². The van der Waals surface area contributed by atoms with E-state index in [-0.39, 0.29) is 18.4 Å². The summed E-state index contributed by atoms with van der Waals surface area (Å²) >= 11 is 0. The summed E-state index contributed by atoms with van der Waals surface area (Å²) in [5.41, 5.74) is 3.19. The molecule has 1 amide bonds. The van der Waals surface area contributed by atoms with Gasteiger partial charge in [0.05, 0.1) is 11.6 Å². The fraction of sp³-hybridized carbons (Fsp3) is 0.750. The molecule has 1 unspecified atom stereocenters. The Hall–Kier alpha value is -1.89. The van der Waals surface area contributed by atoms with Crippen molar-refractivity contribution in [3.63, 3.8) is 0 Å². The average molecular weight is 380 g/mol. The van der Waals surface area contributed by atoms with Gasteiger partial charge in [-0.25, -0.2) is 0 Å². The van der Waals surface area contributed by atoms with E-state index < -0.39 is 11.9 Å². The van der Waals surface area contributed by atoms with Crippen LogP contribution in [0, 0.1) is 31.6 Å². The number of nitrogens with zero attached hydrogens (tertiary/aromatic N) is 2. The van der Waals surface area contributed by atoms with E-state index in [4.69, 9.17) is 4.74 Å². The third kappa shape index (κ3) is 6.06. The van der Waals surface area contributed by atoms with Crippen molar-refractivity contribution in [1.82, 2.24) is 15.1 Å². The Balaban J connectivity index is 1.86. The molecule has 1 atom stereocenters. The fourth-order valence-electron chi connectivity index (χ4n) is 3.74. The second-order valence-electron chi connectivity index (χ2n) is 7.92. The first-order chi connectivity index (χ1) is 12.8. The number of hydrogen-bond donors (Lipinski definition) is 2. The van der Waals surface area contributed by atoms with Crippen LogP contribution in [-0.4, -0.2) is 46.5 Å². The summed E-state index contributed by atoms with van der Waals surface area (Å²) in [5, 5.41) is 16.9. The van der Waals surface area contributed by atoms with Gasteiger partial charge < -0.3 is 15.2 Å². The van der Waals surface area contributed by atoms with E-state index in [0.717, 1.165) is 36.3 Å². The maximum Gasteiger partial charge on any atom is 0.308 e. The summed E-state index contributed by atoms with van der Waals surface area (Å²) in [6, 6.07) is 0. The summed E-state index contributed by atoms with van der Waals surface area (Å²) in [4.78, 5) is 23.8. The molecule has 1 saturated heterocycles. The molecule has 1 aromatic rings. The number of carboxylic acids is 1. The standard InChI is InChI=1S/C20H33N3O4/c1-13(2)12-23-15(4)17(14(3)22-23)5-6-19(24)21-11-18(20(25)26)16-7-9-27-10-8-16/h13,16,18H,5-12H2,1-4H3,(H,21,24)(H,25,26). The van der Waals surface area contributed by atoms with Crippen molar-refractivity contribution in [2.45, 2.75) is 59.9 Å². The van der Waals surface area contributed by atoms with E-state index in [0.29, 0.717) is 32.0 Å². The molecule has 0 aromatic carbocycles. The molecule has 152 valence electrons. The van der Waals surface area contributed by atoms with Gasteiger partial charge >= 0.3 is 5.97 Å². The van der Waals surface area contributed by atoms with Crippen molar-refractivity contribution >= 4 is 11.9 Å². The molecule has 2 heterocycles. The van der Waals surface area contributed by atoms with E-state index >= 15 is 0 Å². The van der Waals surface area contributed by atoms with Crippen LogP contribution >= 0.6 is 0 Å². The van der Waals surface area contributed by atoms with Crippen molar-refractivity contribution in [2.24, 2.45) is 17.8 Å². The van der Waals surface area contributed by atoms with Crippen LogP contribution in [0.5, 0.6) is 0 Å². The van der Waals surface area contributed by atoms with E-state index in [9.17, 15) is 14.7 Å². The van der Waals surface area contributed by atoms with E-state index in [1.54, 1.807) is 0 Å². The molecule has 0 aliphatic carbocycles. The van der Waals surface area contributed by atoms with Crippen molar-refractivity contribution < 1.29 is 19.4 Å². The summed E-state index contributed by atoms with van der Waals surface area (Å²) in [6.45, 7) is 10.6. The highest BCUT2D eigenvalue weighted by Crippen LogP contribution is 2.24. The number of carbonyl (C=O) groups excluding carboxylic acids is 1. The van der Waals surface area contributed by atoms with Gasteiger partial charge in [-0.05, 0) is 50.5 Å². The van der Waals surface area contributed by atoms with Crippen LogP contribution in [0.3, 0.4) is 0 Å². The lowest BCUT2D eigenvalue weighted by Crippen LogP contribution is -2.39. The van der Waals surface area contributed by atoms with Gasteiger partial charge in [-0.1, -0.05) is 13.8 Å². The van der Waals surface area contributed by atoms with Gasteiger partial charge in [-0.15, -0.1) is 0 Å². The molecule has 7 heteroatoms. The molecular formula is C20H33N3O4. The third-order valence-corrected chi connectivity index (χ3v) is 5.34. The normalized spacial score (nSPS) is 16.5. The highest BCUT2D eigenvalue weighted by atomic mass is 16.5. The lowest BCUT2D eigenvalue weighted by Gasteiger charge is -2.27. The number of aliphatic carboxylic acids is 1.